The van der Waals surface area contributed by atoms with Crippen LogP contribution >= 0.6 is 0 Å². The minimum Gasteiger partial charge on any atom is -0.371 e. The van der Waals surface area contributed by atoms with Gasteiger partial charge in [0.05, 0.1) is 6.26 Å². The molecular weight excluding hydrogens is 224 g/mol. The van der Waals surface area contributed by atoms with E-state index in [9.17, 15) is 8.42 Å². The predicted octanol–water partition coefficient (Wildman–Crippen LogP) is 0.796. The van der Waals surface area contributed by atoms with Gasteiger partial charge >= 0.3 is 0 Å². The van der Waals surface area contributed by atoms with Crippen LogP contribution in [0.3, 0.4) is 0 Å². The van der Waals surface area contributed by atoms with Crippen molar-refractivity contribution < 1.29 is 8.42 Å². The Kier molecular flexibility index (Phi) is 3.35. The molecule has 0 saturated carbocycles. The van der Waals surface area contributed by atoms with E-state index in [1.807, 2.05) is 12.2 Å². The summed E-state index contributed by atoms with van der Waals surface area (Å²) in [5.74, 6) is 0. The van der Waals surface area contributed by atoms with Crippen molar-refractivity contribution in [1.82, 2.24) is 9.21 Å². The van der Waals surface area contributed by atoms with Gasteiger partial charge in [0.25, 0.3) is 0 Å². The average Bonchev–Trinajstić information content (AvgIpc) is 2.29. The largest absolute Gasteiger partial charge is 0.371 e. The summed E-state index contributed by atoms with van der Waals surface area (Å²) in [6, 6.07) is 0.485. The Bertz CT molecular complexity index is 392. The molecule has 0 spiro atoms. The van der Waals surface area contributed by atoms with E-state index in [0.29, 0.717) is 19.1 Å². The van der Waals surface area contributed by atoms with E-state index in [0.717, 1.165) is 19.4 Å². The highest BCUT2D eigenvalue weighted by molar-refractivity contribution is 7.88. The van der Waals surface area contributed by atoms with Gasteiger partial charge in [0.15, 0.2) is 0 Å². The van der Waals surface area contributed by atoms with Gasteiger partial charge in [0.2, 0.25) is 10.0 Å². The first kappa shape index (κ1) is 11.7. The van der Waals surface area contributed by atoms with Gasteiger partial charge in [-0.2, -0.15) is 0 Å². The second kappa shape index (κ2) is 4.59. The van der Waals surface area contributed by atoms with Crippen LogP contribution in [0.15, 0.2) is 24.4 Å². The van der Waals surface area contributed by atoms with Crippen LogP contribution < -0.4 is 0 Å². The van der Waals surface area contributed by atoms with E-state index in [1.165, 1.54) is 6.26 Å². The highest BCUT2D eigenvalue weighted by atomic mass is 32.2. The van der Waals surface area contributed by atoms with Crippen LogP contribution in [0, 0.1) is 0 Å². The summed E-state index contributed by atoms with van der Waals surface area (Å²) < 4.78 is 24.3. The molecule has 0 aromatic carbocycles. The zero-order chi connectivity index (χ0) is 11.6. The molecule has 0 aromatic heterocycles. The molecular formula is C11H18N2O2S. The average molecular weight is 242 g/mol. The Morgan fingerprint density at radius 1 is 1.19 bits per heavy atom. The molecule has 0 aromatic rings. The van der Waals surface area contributed by atoms with E-state index in [2.05, 4.69) is 17.2 Å². The van der Waals surface area contributed by atoms with Gasteiger partial charge in [-0.3, -0.25) is 0 Å². The second-order valence-electron chi connectivity index (χ2n) is 4.36. The Balaban J connectivity index is 1.90. The predicted molar refractivity (Wildman–Crippen MR) is 64.4 cm³/mol. The fourth-order valence-corrected chi connectivity index (χ4v) is 3.13. The standard InChI is InChI=1S/C11H18N2O2S/c1-16(14,15)13-9-5-11(6-10-13)12-7-3-2-4-8-12/h2-4,7,11H,5-6,8-10H2,1H3. The molecule has 1 fully saturated rings. The van der Waals surface area contributed by atoms with Crippen LogP contribution in [-0.4, -0.2) is 49.6 Å². The molecule has 0 bridgehead atoms. The highest BCUT2D eigenvalue weighted by Crippen LogP contribution is 2.19. The SMILES string of the molecule is CS(=O)(=O)N1CCC(N2C=CC=CC2)CC1. The Labute approximate surface area is 97.3 Å². The molecule has 16 heavy (non-hydrogen) atoms. The van der Waals surface area contributed by atoms with Crippen molar-refractivity contribution in [2.24, 2.45) is 0 Å². The van der Waals surface area contributed by atoms with E-state index >= 15 is 0 Å². The molecule has 4 nitrogen and oxygen atoms in total. The van der Waals surface area contributed by atoms with Crippen LogP contribution in [0.4, 0.5) is 0 Å². The molecule has 2 rings (SSSR count). The topological polar surface area (TPSA) is 40.6 Å². The Morgan fingerprint density at radius 3 is 2.38 bits per heavy atom. The molecule has 5 heteroatoms. The van der Waals surface area contributed by atoms with E-state index in [4.69, 9.17) is 0 Å². The molecule has 0 aliphatic carbocycles. The van der Waals surface area contributed by atoms with E-state index in [-0.39, 0.29) is 0 Å². The third-order valence-electron chi connectivity index (χ3n) is 3.20. The summed E-state index contributed by atoms with van der Waals surface area (Å²) in [6.45, 7) is 2.25. The van der Waals surface area contributed by atoms with Gasteiger partial charge < -0.3 is 4.90 Å². The van der Waals surface area contributed by atoms with Crippen molar-refractivity contribution in [2.45, 2.75) is 18.9 Å². The third kappa shape index (κ3) is 2.65. The number of piperidine rings is 1. The van der Waals surface area contributed by atoms with Gasteiger partial charge in [-0.1, -0.05) is 12.2 Å². The maximum absolute atomic E-state index is 11.4. The lowest BCUT2D eigenvalue weighted by Crippen LogP contribution is -2.45. The lowest BCUT2D eigenvalue weighted by Gasteiger charge is -2.37. The Hall–Kier alpha value is -0.810. The summed E-state index contributed by atoms with van der Waals surface area (Å²) in [7, 11) is -3.00. The zero-order valence-electron chi connectivity index (χ0n) is 9.54. The monoisotopic (exact) mass is 242 g/mol. The third-order valence-corrected chi connectivity index (χ3v) is 4.51. The van der Waals surface area contributed by atoms with Gasteiger partial charge in [-0.05, 0) is 25.1 Å². The van der Waals surface area contributed by atoms with Crippen molar-refractivity contribution in [3.05, 3.63) is 24.4 Å². The molecule has 0 radical (unpaired) electrons. The fourth-order valence-electron chi connectivity index (χ4n) is 2.26. The number of rotatable bonds is 2. The van der Waals surface area contributed by atoms with Gasteiger partial charge in [-0.25, -0.2) is 12.7 Å². The molecule has 2 heterocycles. The number of nitrogens with zero attached hydrogens (tertiary/aromatic N) is 2. The molecule has 0 amide bonds. The van der Waals surface area contributed by atoms with Crippen molar-refractivity contribution in [2.75, 3.05) is 25.9 Å². The normalized spacial score (nSPS) is 23.9. The molecule has 90 valence electrons. The highest BCUT2D eigenvalue weighted by Gasteiger charge is 2.27. The number of hydrogen-bond acceptors (Lipinski definition) is 3. The second-order valence-corrected chi connectivity index (χ2v) is 6.34. The van der Waals surface area contributed by atoms with Crippen molar-refractivity contribution in [3.8, 4) is 0 Å². The smallest absolute Gasteiger partial charge is 0.211 e. The quantitative estimate of drug-likeness (QED) is 0.719. The van der Waals surface area contributed by atoms with Crippen LogP contribution in [0.1, 0.15) is 12.8 Å². The minimum absolute atomic E-state index is 0.485. The molecule has 1 saturated heterocycles. The van der Waals surface area contributed by atoms with Gasteiger partial charge in [-0.15, -0.1) is 0 Å². The maximum atomic E-state index is 11.4. The number of sulfonamides is 1. The van der Waals surface area contributed by atoms with Gasteiger partial charge in [0.1, 0.15) is 0 Å². The fraction of sp³-hybridized carbons (Fsp3) is 0.636. The summed E-state index contributed by atoms with van der Waals surface area (Å²) in [4.78, 5) is 2.29. The summed E-state index contributed by atoms with van der Waals surface area (Å²) in [5, 5.41) is 0. The Morgan fingerprint density at radius 2 is 1.88 bits per heavy atom. The lowest BCUT2D eigenvalue weighted by atomic mass is 10.0. The molecule has 0 N–H and O–H groups in total. The summed E-state index contributed by atoms with van der Waals surface area (Å²) >= 11 is 0. The minimum atomic E-state index is -3.00. The molecule has 2 aliphatic rings. The first-order valence-electron chi connectivity index (χ1n) is 5.61. The van der Waals surface area contributed by atoms with Crippen LogP contribution in [0.2, 0.25) is 0 Å². The van der Waals surface area contributed by atoms with Crippen molar-refractivity contribution in [3.63, 3.8) is 0 Å². The van der Waals surface area contributed by atoms with Gasteiger partial charge in [0, 0.05) is 25.7 Å². The van der Waals surface area contributed by atoms with E-state index < -0.39 is 10.0 Å². The molecule has 0 unspecified atom stereocenters. The first-order chi connectivity index (χ1) is 7.57. The van der Waals surface area contributed by atoms with Crippen molar-refractivity contribution >= 4 is 10.0 Å². The lowest BCUT2D eigenvalue weighted by molar-refractivity contribution is 0.201. The van der Waals surface area contributed by atoms with Crippen LogP contribution in [0.25, 0.3) is 0 Å². The summed E-state index contributed by atoms with van der Waals surface area (Å²) in [6.07, 6.45) is 11.4. The molecule has 0 atom stereocenters. The van der Waals surface area contributed by atoms with E-state index in [1.54, 1.807) is 4.31 Å². The summed E-state index contributed by atoms with van der Waals surface area (Å²) in [5.41, 5.74) is 0. The van der Waals surface area contributed by atoms with Crippen LogP contribution in [-0.2, 0) is 10.0 Å². The maximum Gasteiger partial charge on any atom is 0.211 e. The molecule has 2 aliphatic heterocycles. The van der Waals surface area contributed by atoms with Crippen LogP contribution in [0.5, 0.6) is 0 Å². The first-order valence-corrected chi connectivity index (χ1v) is 7.46. The van der Waals surface area contributed by atoms with Crippen molar-refractivity contribution in [1.29, 1.82) is 0 Å². The zero-order valence-corrected chi connectivity index (χ0v) is 10.4. The number of allylic oxidation sites excluding steroid dienone is 2. The number of hydrogen-bond donors (Lipinski definition) is 0.